The molecule has 1 heterocycles. The number of rotatable bonds is 4. The zero-order valence-electron chi connectivity index (χ0n) is 13.7. The first-order valence-corrected chi connectivity index (χ1v) is 7.61. The van der Waals surface area contributed by atoms with Crippen LogP contribution in [-0.2, 0) is 4.79 Å². The Labute approximate surface area is 144 Å². The Bertz CT molecular complexity index is 899. The van der Waals surface area contributed by atoms with E-state index in [2.05, 4.69) is 20.8 Å². The standard InChI is InChI=1S/C18H16N4O3/c1-11(23)19-15-7-3-13(4-8-15)17(24)20-16-9-5-14(6-10-16)18-22-21-12(2)25-18/h3-10H,1-2H3,(H,19,23)(H,20,24). The van der Waals surface area contributed by atoms with Gasteiger partial charge in [-0.2, -0.15) is 0 Å². The quantitative estimate of drug-likeness (QED) is 0.762. The van der Waals surface area contributed by atoms with Gasteiger partial charge in [-0.25, -0.2) is 0 Å². The van der Waals surface area contributed by atoms with Crippen molar-refractivity contribution < 1.29 is 14.0 Å². The minimum absolute atomic E-state index is 0.159. The van der Waals surface area contributed by atoms with Crippen LogP contribution in [0.5, 0.6) is 0 Å². The van der Waals surface area contributed by atoms with Crippen molar-refractivity contribution in [3.8, 4) is 11.5 Å². The van der Waals surface area contributed by atoms with E-state index in [0.29, 0.717) is 28.7 Å². The summed E-state index contributed by atoms with van der Waals surface area (Å²) >= 11 is 0. The lowest BCUT2D eigenvalue weighted by Gasteiger charge is -2.07. The van der Waals surface area contributed by atoms with Crippen LogP contribution in [0, 0.1) is 6.92 Å². The molecule has 25 heavy (non-hydrogen) atoms. The topological polar surface area (TPSA) is 97.1 Å². The summed E-state index contributed by atoms with van der Waals surface area (Å²) in [4.78, 5) is 23.3. The van der Waals surface area contributed by atoms with Crippen molar-refractivity contribution >= 4 is 23.2 Å². The molecule has 3 rings (SSSR count). The van der Waals surface area contributed by atoms with Crippen molar-refractivity contribution in [1.82, 2.24) is 10.2 Å². The number of benzene rings is 2. The highest BCUT2D eigenvalue weighted by Gasteiger charge is 2.09. The average molecular weight is 336 g/mol. The molecule has 0 aliphatic carbocycles. The molecule has 0 bridgehead atoms. The highest BCUT2D eigenvalue weighted by molar-refractivity contribution is 6.04. The first-order valence-electron chi connectivity index (χ1n) is 7.61. The number of hydrogen-bond donors (Lipinski definition) is 2. The molecule has 2 N–H and O–H groups in total. The zero-order chi connectivity index (χ0) is 17.8. The molecular weight excluding hydrogens is 320 g/mol. The summed E-state index contributed by atoms with van der Waals surface area (Å²) in [6.07, 6.45) is 0. The van der Waals surface area contributed by atoms with E-state index in [1.54, 1.807) is 55.5 Å². The average Bonchev–Trinajstić information content (AvgIpc) is 3.02. The number of anilines is 2. The first kappa shape index (κ1) is 16.4. The van der Waals surface area contributed by atoms with E-state index in [-0.39, 0.29) is 11.8 Å². The van der Waals surface area contributed by atoms with E-state index in [1.165, 1.54) is 6.92 Å². The lowest BCUT2D eigenvalue weighted by atomic mass is 10.1. The SMILES string of the molecule is CC(=O)Nc1ccc(C(=O)Nc2ccc(-c3nnc(C)o3)cc2)cc1. The van der Waals surface area contributed by atoms with Crippen molar-refractivity contribution in [3.05, 3.63) is 60.0 Å². The lowest BCUT2D eigenvalue weighted by Crippen LogP contribution is -2.12. The van der Waals surface area contributed by atoms with Gasteiger partial charge in [-0.3, -0.25) is 9.59 Å². The molecule has 0 aliphatic heterocycles. The summed E-state index contributed by atoms with van der Waals surface area (Å²) in [6, 6.07) is 13.8. The predicted molar refractivity (Wildman–Crippen MR) is 93.2 cm³/mol. The number of amides is 2. The van der Waals surface area contributed by atoms with Crippen LogP contribution in [0.2, 0.25) is 0 Å². The van der Waals surface area contributed by atoms with Crippen LogP contribution in [0.25, 0.3) is 11.5 Å². The maximum Gasteiger partial charge on any atom is 0.255 e. The predicted octanol–water partition coefficient (Wildman–Crippen LogP) is 3.26. The van der Waals surface area contributed by atoms with Gasteiger partial charge in [-0.1, -0.05) is 0 Å². The van der Waals surface area contributed by atoms with Gasteiger partial charge < -0.3 is 15.1 Å². The van der Waals surface area contributed by atoms with Crippen LogP contribution < -0.4 is 10.6 Å². The van der Waals surface area contributed by atoms with Crippen molar-refractivity contribution in [2.75, 3.05) is 10.6 Å². The molecule has 7 heteroatoms. The Kier molecular flexibility index (Phi) is 4.56. The van der Waals surface area contributed by atoms with Crippen LogP contribution in [0.1, 0.15) is 23.2 Å². The van der Waals surface area contributed by atoms with Gasteiger partial charge in [-0.05, 0) is 48.5 Å². The van der Waals surface area contributed by atoms with Crippen molar-refractivity contribution in [2.24, 2.45) is 0 Å². The number of nitrogens with zero attached hydrogens (tertiary/aromatic N) is 2. The van der Waals surface area contributed by atoms with Crippen molar-refractivity contribution in [2.45, 2.75) is 13.8 Å². The van der Waals surface area contributed by atoms with E-state index in [9.17, 15) is 9.59 Å². The monoisotopic (exact) mass is 336 g/mol. The Hall–Kier alpha value is -3.48. The number of aromatic nitrogens is 2. The number of nitrogens with one attached hydrogen (secondary N) is 2. The molecule has 0 aliphatic rings. The molecule has 0 spiro atoms. The van der Waals surface area contributed by atoms with Gasteiger partial charge in [0.25, 0.3) is 5.91 Å². The van der Waals surface area contributed by atoms with Crippen LogP contribution in [0.3, 0.4) is 0 Å². The lowest BCUT2D eigenvalue weighted by molar-refractivity contribution is -0.114. The first-order chi connectivity index (χ1) is 12.0. The molecule has 0 saturated carbocycles. The van der Waals surface area contributed by atoms with Crippen LogP contribution in [-0.4, -0.2) is 22.0 Å². The maximum absolute atomic E-state index is 12.3. The number of carbonyl (C=O) groups excluding carboxylic acids is 2. The third-order valence-electron chi connectivity index (χ3n) is 3.38. The zero-order valence-corrected chi connectivity index (χ0v) is 13.7. The summed E-state index contributed by atoms with van der Waals surface area (Å²) in [7, 11) is 0. The number of carbonyl (C=O) groups is 2. The molecule has 126 valence electrons. The molecule has 2 aromatic carbocycles. The van der Waals surface area contributed by atoms with Gasteiger partial charge in [0.2, 0.25) is 17.7 Å². The van der Waals surface area contributed by atoms with Crippen LogP contribution in [0.4, 0.5) is 11.4 Å². The molecular formula is C18H16N4O3. The van der Waals surface area contributed by atoms with E-state index in [0.717, 1.165) is 5.56 Å². The fourth-order valence-corrected chi connectivity index (χ4v) is 2.22. The Balaban J connectivity index is 1.67. The molecule has 0 fully saturated rings. The van der Waals surface area contributed by atoms with Crippen LogP contribution in [0.15, 0.2) is 52.9 Å². The van der Waals surface area contributed by atoms with Crippen LogP contribution >= 0.6 is 0 Å². The maximum atomic E-state index is 12.3. The van der Waals surface area contributed by atoms with Crippen molar-refractivity contribution in [1.29, 1.82) is 0 Å². The molecule has 0 radical (unpaired) electrons. The minimum atomic E-state index is -0.240. The third-order valence-corrected chi connectivity index (χ3v) is 3.38. The van der Waals surface area contributed by atoms with Gasteiger partial charge in [0.15, 0.2) is 0 Å². The summed E-state index contributed by atoms with van der Waals surface area (Å²) in [5.41, 5.74) is 2.56. The fourth-order valence-electron chi connectivity index (χ4n) is 2.22. The normalized spacial score (nSPS) is 10.3. The highest BCUT2D eigenvalue weighted by Crippen LogP contribution is 2.20. The molecule has 3 aromatic rings. The largest absolute Gasteiger partial charge is 0.421 e. The number of aryl methyl sites for hydroxylation is 1. The summed E-state index contributed by atoms with van der Waals surface area (Å²) < 4.78 is 5.36. The van der Waals surface area contributed by atoms with E-state index in [4.69, 9.17) is 4.42 Å². The smallest absolute Gasteiger partial charge is 0.255 e. The molecule has 2 amide bonds. The molecule has 0 saturated heterocycles. The van der Waals surface area contributed by atoms with Gasteiger partial charge >= 0.3 is 0 Å². The Morgan fingerprint density at radius 2 is 1.48 bits per heavy atom. The van der Waals surface area contributed by atoms with Gasteiger partial charge in [-0.15, -0.1) is 10.2 Å². The summed E-state index contributed by atoms with van der Waals surface area (Å²) in [5.74, 6) is 0.531. The molecule has 0 atom stereocenters. The highest BCUT2D eigenvalue weighted by atomic mass is 16.4. The molecule has 1 aromatic heterocycles. The second kappa shape index (κ2) is 6.96. The Morgan fingerprint density at radius 1 is 0.880 bits per heavy atom. The fraction of sp³-hybridized carbons (Fsp3) is 0.111. The van der Waals surface area contributed by atoms with E-state index >= 15 is 0 Å². The second-order valence-electron chi connectivity index (χ2n) is 5.42. The van der Waals surface area contributed by atoms with Crippen molar-refractivity contribution in [3.63, 3.8) is 0 Å². The second-order valence-corrected chi connectivity index (χ2v) is 5.42. The van der Waals surface area contributed by atoms with Gasteiger partial charge in [0.1, 0.15) is 0 Å². The summed E-state index contributed by atoms with van der Waals surface area (Å²) in [5, 5.41) is 13.2. The Morgan fingerprint density at radius 3 is 2.04 bits per heavy atom. The third kappa shape index (κ3) is 4.08. The number of hydrogen-bond acceptors (Lipinski definition) is 5. The van der Waals surface area contributed by atoms with Gasteiger partial charge in [0.05, 0.1) is 0 Å². The molecule has 0 unspecified atom stereocenters. The minimum Gasteiger partial charge on any atom is -0.421 e. The van der Waals surface area contributed by atoms with E-state index < -0.39 is 0 Å². The van der Waals surface area contributed by atoms with E-state index in [1.807, 2.05) is 0 Å². The molecule has 7 nitrogen and oxygen atoms in total. The summed E-state index contributed by atoms with van der Waals surface area (Å²) in [6.45, 7) is 3.15. The van der Waals surface area contributed by atoms with Gasteiger partial charge in [0, 0.05) is 36.3 Å².